The van der Waals surface area contributed by atoms with Gasteiger partial charge in [-0.05, 0) is 53.6 Å². The van der Waals surface area contributed by atoms with Gasteiger partial charge in [-0.1, -0.05) is 54.6 Å². The van der Waals surface area contributed by atoms with E-state index in [0.29, 0.717) is 11.3 Å². The Labute approximate surface area is 213 Å². The molecule has 0 radical (unpaired) electrons. The van der Waals surface area contributed by atoms with E-state index in [4.69, 9.17) is 9.72 Å². The summed E-state index contributed by atoms with van der Waals surface area (Å²) in [6.45, 7) is 0. The van der Waals surface area contributed by atoms with Gasteiger partial charge in [0.25, 0.3) is 5.91 Å². The summed E-state index contributed by atoms with van der Waals surface area (Å²) in [6.07, 6.45) is 5.40. The molecule has 1 amide bonds. The van der Waals surface area contributed by atoms with Crippen LogP contribution in [0.25, 0.3) is 33.5 Å². The van der Waals surface area contributed by atoms with Crippen molar-refractivity contribution in [2.24, 2.45) is 0 Å². The summed E-state index contributed by atoms with van der Waals surface area (Å²) < 4.78 is 5.25. The fraction of sp³-hybridized carbons (Fsp3) is 0.0333. The molecular weight excluding hydrogens is 466 g/mol. The number of thiazole rings is 1. The van der Waals surface area contributed by atoms with E-state index in [0.717, 1.165) is 38.7 Å². The lowest BCUT2D eigenvalue weighted by atomic mass is 10.0. The van der Waals surface area contributed by atoms with Gasteiger partial charge in [-0.25, -0.2) is 4.98 Å². The van der Waals surface area contributed by atoms with E-state index in [1.165, 1.54) is 0 Å². The molecule has 176 valence electrons. The number of aromatic nitrogens is 2. The van der Waals surface area contributed by atoms with Gasteiger partial charge in [0.15, 0.2) is 0 Å². The van der Waals surface area contributed by atoms with Crippen LogP contribution in [0.3, 0.4) is 0 Å². The average molecular weight is 490 g/mol. The van der Waals surface area contributed by atoms with Crippen molar-refractivity contribution in [3.8, 4) is 27.6 Å². The van der Waals surface area contributed by atoms with Gasteiger partial charge in [0.2, 0.25) is 0 Å². The van der Waals surface area contributed by atoms with E-state index in [1.54, 1.807) is 30.8 Å². The molecule has 0 saturated heterocycles. The van der Waals surface area contributed by atoms with Gasteiger partial charge in [-0.15, -0.1) is 11.3 Å². The summed E-state index contributed by atoms with van der Waals surface area (Å²) in [5.41, 5.74) is 5.84. The number of nitrogens with one attached hydrogen (secondary N) is 1. The third-order valence-corrected chi connectivity index (χ3v) is 6.50. The molecule has 0 aliphatic rings. The Kier molecular flexibility index (Phi) is 6.96. The van der Waals surface area contributed by atoms with E-state index >= 15 is 0 Å². The molecule has 0 atom stereocenters. The highest BCUT2D eigenvalue weighted by Crippen LogP contribution is 2.30. The molecule has 3 aromatic carbocycles. The normalized spacial score (nSPS) is 11.2. The lowest BCUT2D eigenvalue weighted by molar-refractivity contribution is -0.111. The van der Waals surface area contributed by atoms with Crippen molar-refractivity contribution in [1.29, 1.82) is 0 Å². The molecule has 0 saturated carbocycles. The van der Waals surface area contributed by atoms with E-state index < -0.39 is 0 Å². The van der Waals surface area contributed by atoms with Crippen molar-refractivity contribution >= 4 is 34.6 Å². The van der Waals surface area contributed by atoms with Gasteiger partial charge in [0.05, 0.1) is 12.8 Å². The number of pyridine rings is 1. The number of methoxy groups -OCH3 is 1. The molecule has 2 heterocycles. The number of ether oxygens (including phenoxy) is 1. The maximum atomic E-state index is 13.5. The number of hydrogen-bond acceptors (Lipinski definition) is 5. The van der Waals surface area contributed by atoms with Crippen LogP contribution in [0.5, 0.6) is 5.75 Å². The summed E-state index contributed by atoms with van der Waals surface area (Å²) in [5.74, 6) is 0.578. The SMILES string of the molecule is COc1ccc(/C=C(/C(=O)Nc2cccc(-c3csc(-c4ccncc4)n3)c2)c2ccccc2)cc1. The van der Waals surface area contributed by atoms with Gasteiger partial charge in [-0.3, -0.25) is 9.78 Å². The zero-order valence-electron chi connectivity index (χ0n) is 19.6. The van der Waals surface area contributed by atoms with Crippen molar-refractivity contribution in [2.75, 3.05) is 12.4 Å². The quantitative estimate of drug-likeness (QED) is 0.196. The van der Waals surface area contributed by atoms with E-state index in [-0.39, 0.29) is 5.91 Å². The van der Waals surface area contributed by atoms with Crippen LogP contribution in [0, 0.1) is 0 Å². The number of nitrogens with zero attached hydrogens (tertiary/aromatic N) is 2. The van der Waals surface area contributed by atoms with Crippen LogP contribution in [0.2, 0.25) is 0 Å². The molecule has 0 spiro atoms. The molecule has 0 fully saturated rings. The lowest BCUT2D eigenvalue weighted by Crippen LogP contribution is -2.13. The number of anilines is 1. The van der Waals surface area contributed by atoms with Crippen LogP contribution in [-0.2, 0) is 4.79 Å². The number of hydrogen-bond donors (Lipinski definition) is 1. The minimum absolute atomic E-state index is 0.190. The molecule has 5 aromatic rings. The highest BCUT2D eigenvalue weighted by molar-refractivity contribution is 7.13. The number of benzene rings is 3. The van der Waals surface area contributed by atoms with Gasteiger partial charge in [0, 0.05) is 40.2 Å². The van der Waals surface area contributed by atoms with Gasteiger partial charge < -0.3 is 10.1 Å². The summed E-state index contributed by atoms with van der Waals surface area (Å²) in [6, 6.07) is 28.9. The van der Waals surface area contributed by atoms with Crippen LogP contribution in [0.1, 0.15) is 11.1 Å². The van der Waals surface area contributed by atoms with Crippen molar-refractivity contribution < 1.29 is 9.53 Å². The number of carbonyl (C=O) groups is 1. The third kappa shape index (κ3) is 5.40. The first kappa shape index (κ1) is 23.2. The highest BCUT2D eigenvalue weighted by atomic mass is 32.1. The van der Waals surface area contributed by atoms with Crippen molar-refractivity contribution in [2.45, 2.75) is 0 Å². The second-order valence-electron chi connectivity index (χ2n) is 8.01. The predicted octanol–water partition coefficient (Wildman–Crippen LogP) is 7.06. The molecule has 2 aromatic heterocycles. The van der Waals surface area contributed by atoms with Gasteiger partial charge >= 0.3 is 0 Å². The standard InChI is InChI=1S/C30H23N3O2S/c1-35-26-12-10-21(11-13-26)18-27(22-6-3-2-4-7-22)29(34)32-25-9-5-8-24(19-25)28-20-36-30(33-28)23-14-16-31-17-15-23/h2-20H,1H3,(H,32,34)/b27-18+. The first-order valence-electron chi connectivity index (χ1n) is 11.4. The smallest absolute Gasteiger partial charge is 0.256 e. The van der Waals surface area contributed by atoms with Crippen molar-refractivity contribution in [1.82, 2.24) is 9.97 Å². The topological polar surface area (TPSA) is 64.1 Å². The molecule has 5 nitrogen and oxygen atoms in total. The molecule has 6 heteroatoms. The van der Waals surface area contributed by atoms with Crippen LogP contribution in [0.15, 0.2) is 109 Å². The molecule has 0 aliphatic carbocycles. The third-order valence-electron chi connectivity index (χ3n) is 5.60. The summed E-state index contributed by atoms with van der Waals surface area (Å²) in [4.78, 5) is 22.3. The number of amides is 1. The zero-order chi connectivity index (χ0) is 24.7. The molecule has 5 rings (SSSR count). The average Bonchev–Trinajstić information content (AvgIpc) is 3.44. The summed E-state index contributed by atoms with van der Waals surface area (Å²) in [7, 11) is 1.63. The van der Waals surface area contributed by atoms with Crippen LogP contribution < -0.4 is 10.1 Å². The van der Waals surface area contributed by atoms with Crippen LogP contribution in [0.4, 0.5) is 5.69 Å². The molecule has 0 aliphatic heterocycles. The molecule has 36 heavy (non-hydrogen) atoms. The number of carbonyl (C=O) groups excluding carboxylic acids is 1. The van der Waals surface area contributed by atoms with E-state index in [9.17, 15) is 4.79 Å². The maximum absolute atomic E-state index is 13.5. The van der Waals surface area contributed by atoms with Crippen molar-refractivity contribution in [3.05, 3.63) is 120 Å². The molecule has 0 unspecified atom stereocenters. The minimum Gasteiger partial charge on any atom is -0.497 e. The Morgan fingerprint density at radius 1 is 0.889 bits per heavy atom. The zero-order valence-corrected chi connectivity index (χ0v) is 20.4. The van der Waals surface area contributed by atoms with Gasteiger partial charge in [-0.2, -0.15) is 0 Å². The second kappa shape index (κ2) is 10.8. The fourth-order valence-corrected chi connectivity index (χ4v) is 4.59. The highest BCUT2D eigenvalue weighted by Gasteiger charge is 2.14. The Bertz CT molecular complexity index is 1490. The second-order valence-corrected chi connectivity index (χ2v) is 8.86. The Morgan fingerprint density at radius 2 is 1.67 bits per heavy atom. The molecule has 1 N–H and O–H groups in total. The first-order chi connectivity index (χ1) is 17.7. The summed E-state index contributed by atoms with van der Waals surface area (Å²) >= 11 is 1.58. The monoisotopic (exact) mass is 489 g/mol. The molecular formula is C30H23N3O2S. The Morgan fingerprint density at radius 3 is 2.42 bits per heavy atom. The largest absolute Gasteiger partial charge is 0.497 e. The van der Waals surface area contributed by atoms with E-state index in [2.05, 4.69) is 10.3 Å². The van der Waals surface area contributed by atoms with Crippen LogP contribution >= 0.6 is 11.3 Å². The Hall–Kier alpha value is -4.55. The predicted molar refractivity (Wildman–Crippen MR) is 147 cm³/mol. The van der Waals surface area contributed by atoms with Crippen LogP contribution in [-0.4, -0.2) is 23.0 Å². The maximum Gasteiger partial charge on any atom is 0.256 e. The van der Waals surface area contributed by atoms with E-state index in [1.807, 2.05) is 102 Å². The van der Waals surface area contributed by atoms with Crippen molar-refractivity contribution in [3.63, 3.8) is 0 Å². The summed E-state index contributed by atoms with van der Waals surface area (Å²) in [5, 5.41) is 6.02. The Balaban J connectivity index is 1.41. The molecule has 0 bridgehead atoms. The fourth-order valence-electron chi connectivity index (χ4n) is 3.75. The van der Waals surface area contributed by atoms with Gasteiger partial charge in [0.1, 0.15) is 10.8 Å². The first-order valence-corrected chi connectivity index (χ1v) is 12.3. The number of rotatable bonds is 7. The lowest BCUT2D eigenvalue weighted by Gasteiger charge is -2.11. The minimum atomic E-state index is -0.190.